The number of carboxylic acid groups (broad SMARTS) is 1. The third-order valence-corrected chi connectivity index (χ3v) is 4.61. The number of hydrogen-bond acceptors (Lipinski definition) is 5. The molecule has 0 fully saturated rings. The van der Waals surface area contributed by atoms with Crippen LogP contribution in [-0.2, 0) is 16.1 Å². The van der Waals surface area contributed by atoms with Gasteiger partial charge in [0.05, 0.1) is 12.2 Å². The van der Waals surface area contributed by atoms with Crippen LogP contribution in [0.25, 0.3) is 0 Å². The van der Waals surface area contributed by atoms with Crippen molar-refractivity contribution in [1.82, 2.24) is 4.90 Å². The lowest BCUT2D eigenvalue weighted by atomic mass is 10.2. The highest BCUT2D eigenvalue weighted by molar-refractivity contribution is 5.91. The molecule has 0 radical (unpaired) electrons. The molecule has 31 heavy (non-hydrogen) atoms. The Morgan fingerprint density at radius 1 is 0.935 bits per heavy atom. The van der Waals surface area contributed by atoms with E-state index in [1.807, 2.05) is 0 Å². The number of esters is 1. The van der Waals surface area contributed by atoms with Gasteiger partial charge >= 0.3 is 11.9 Å². The van der Waals surface area contributed by atoms with Gasteiger partial charge in [0, 0.05) is 6.54 Å². The van der Waals surface area contributed by atoms with Gasteiger partial charge in [-0.05, 0) is 48.4 Å². The quantitative estimate of drug-likeness (QED) is 0.209. The van der Waals surface area contributed by atoms with Crippen molar-refractivity contribution in [2.45, 2.75) is 45.6 Å². The molecule has 0 bridgehead atoms. The number of carbonyl (C=O) groups excluding carboxylic acids is 2. The molecular weight excluding hydrogens is 398 g/mol. The van der Waals surface area contributed by atoms with Crippen molar-refractivity contribution in [3.05, 3.63) is 59.7 Å². The first kappa shape index (κ1) is 23.9. The molecule has 0 saturated carbocycles. The van der Waals surface area contributed by atoms with Gasteiger partial charge in [-0.3, -0.25) is 9.59 Å². The maximum Gasteiger partial charge on any atom is 0.343 e. The van der Waals surface area contributed by atoms with Gasteiger partial charge in [0.1, 0.15) is 18.0 Å². The first-order valence-corrected chi connectivity index (χ1v) is 10.5. The second kappa shape index (κ2) is 13.1. The van der Waals surface area contributed by atoms with Gasteiger partial charge in [0.15, 0.2) is 0 Å². The average molecular weight is 427 g/mol. The van der Waals surface area contributed by atoms with Crippen LogP contribution in [0.1, 0.15) is 54.9 Å². The van der Waals surface area contributed by atoms with Crippen molar-refractivity contribution in [3.8, 4) is 11.5 Å². The third-order valence-electron chi connectivity index (χ3n) is 4.61. The van der Waals surface area contributed by atoms with Gasteiger partial charge in [-0.15, -0.1) is 0 Å². The van der Waals surface area contributed by atoms with E-state index in [9.17, 15) is 14.4 Å². The summed E-state index contributed by atoms with van der Waals surface area (Å²) in [5, 5.41) is 8.78. The number of unbranched alkanes of at least 4 members (excludes halogenated alkanes) is 4. The van der Waals surface area contributed by atoms with E-state index < -0.39 is 11.9 Å². The summed E-state index contributed by atoms with van der Waals surface area (Å²) < 4.78 is 11.1. The molecule has 2 rings (SSSR count). The third kappa shape index (κ3) is 8.90. The molecule has 0 aliphatic carbocycles. The number of nitrogens with zero attached hydrogens (tertiary/aromatic N) is 1. The maximum absolute atomic E-state index is 12.3. The molecule has 7 heteroatoms. The van der Waals surface area contributed by atoms with Gasteiger partial charge in [0.25, 0.3) is 0 Å². The molecule has 166 valence electrons. The van der Waals surface area contributed by atoms with Gasteiger partial charge in [-0.1, -0.05) is 44.7 Å². The molecule has 0 saturated heterocycles. The molecule has 2 aromatic rings. The van der Waals surface area contributed by atoms with Crippen LogP contribution in [0.4, 0.5) is 0 Å². The average Bonchev–Trinajstić information content (AvgIpc) is 2.77. The Hall–Kier alpha value is -3.35. The predicted octanol–water partition coefficient (Wildman–Crippen LogP) is 4.30. The zero-order valence-corrected chi connectivity index (χ0v) is 17.8. The number of hydrogen-bond donors (Lipinski definition) is 1. The van der Waals surface area contributed by atoms with Crippen LogP contribution in [0.2, 0.25) is 0 Å². The summed E-state index contributed by atoms with van der Waals surface area (Å²) >= 11 is 0. The summed E-state index contributed by atoms with van der Waals surface area (Å²) in [7, 11) is 0. The fourth-order valence-corrected chi connectivity index (χ4v) is 2.95. The van der Waals surface area contributed by atoms with E-state index in [1.54, 1.807) is 48.5 Å². The molecule has 0 aliphatic rings. The topological polar surface area (TPSA) is 93.1 Å². The van der Waals surface area contributed by atoms with Crippen LogP contribution in [0, 0.1) is 0 Å². The summed E-state index contributed by atoms with van der Waals surface area (Å²) in [6, 6.07) is 13.4. The van der Waals surface area contributed by atoms with Crippen LogP contribution < -0.4 is 9.47 Å². The molecule has 0 unspecified atom stereocenters. The lowest BCUT2D eigenvalue weighted by Crippen LogP contribution is -2.27. The summed E-state index contributed by atoms with van der Waals surface area (Å²) in [6.07, 6.45) is 6.35. The Labute approximate surface area is 182 Å². The molecule has 1 amide bonds. The van der Waals surface area contributed by atoms with E-state index in [2.05, 4.69) is 6.92 Å². The van der Waals surface area contributed by atoms with Crippen molar-refractivity contribution in [1.29, 1.82) is 0 Å². The number of carboxylic acids is 1. The van der Waals surface area contributed by atoms with Crippen LogP contribution in [0.15, 0.2) is 48.5 Å². The van der Waals surface area contributed by atoms with E-state index in [4.69, 9.17) is 14.6 Å². The van der Waals surface area contributed by atoms with Crippen LogP contribution in [-0.4, -0.2) is 41.5 Å². The largest absolute Gasteiger partial charge is 0.494 e. The molecule has 0 spiro atoms. The number of aliphatic carboxylic acids is 1. The Bertz CT molecular complexity index is 832. The number of benzene rings is 2. The normalized spacial score (nSPS) is 10.4. The smallest absolute Gasteiger partial charge is 0.343 e. The molecule has 0 atom stereocenters. The number of ether oxygens (including phenoxy) is 2. The molecule has 0 aromatic heterocycles. The molecule has 1 N–H and O–H groups in total. The summed E-state index contributed by atoms with van der Waals surface area (Å²) in [4.78, 5) is 35.1. The van der Waals surface area contributed by atoms with Crippen LogP contribution in [0.3, 0.4) is 0 Å². The van der Waals surface area contributed by atoms with Crippen molar-refractivity contribution >= 4 is 18.3 Å². The van der Waals surface area contributed by atoms with E-state index >= 15 is 0 Å². The fourth-order valence-electron chi connectivity index (χ4n) is 2.95. The Kier molecular flexibility index (Phi) is 10.1. The van der Waals surface area contributed by atoms with Crippen molar-refractivity contribution in [3.63, 3.8) is 0 Å². The highest BCUT2D eigenvalue weighted by Crippen LogP contribution is 2.18. The second-order valence-corrected chi connectivity index (χ2v) is 7.22. The van der Waals surface area contributed by atoms with Crippen molar-refractivity contribution < 1.29 is 29.0 Å². The molecule has 7 nitrogen and oxygen atoms in total. The fraction of sp³-hybridized carbons (Fsp3) is 0.375. The van der Waals surface area contributed by atoms with Gasteiger partial charge < -0.3 is 19.5 Å². The van der Waals surface area contributed by atoms with Gasteiger partial charge in [-0.2, -0.15) is 0 Å². The summed E-state index contributed by atoms with van der Waals surface area (Å²) in [5.41, 5.74) is 1.14. The van der Waals surface area contributed by atoms with Crippen LogP contribution >= 0.6 is 0 Å². The monoisotopic (exact) mass is 427 g/mol. The zero-order chi connectivity index (χ0) is 22.5. The number of rotatable bonds is 14. The van der Waals surface area contributed by atoms with E-state index in [-0.39, 0.29) is 13.1 Å². The van der Waals surface area contributed by atoms with E-state index in [0.717, 1.165) is 29.1 Å². The molecule has 2 aromatic carbocycles. The van der Waals surface area contributed by atoms with Crippen molar-refractivity contribution in [2.75, 3.05) is 13.2 Å². The minimum absolute atomic E-state index is 0.157. The molecular formula is C24H29NO6. The van der Waals surface area contributed by atoms with Crippen molar-refractivity contribution in [2.24, 2.45) is 0 Å². The SMILES string of the molecule is CCCCCCCOc1ccc(C(=O)Oc2ccc(CN(C=O)CC(=O)O)cc2)cc1. The minimum Gasteiger partial charge on any atom is -0.494 e. The summed E-state index contributed by atoms with van der Waals surface area (Å²) in [6.45, 7) is 2.63. The Morgan fingerprint density at radius 2 is 1.58 bits per heavy atom. The molecule has 0 heterocycles. The zero-order valence-electron chi connectivity index (χ0n) is 17.8. The Morgan fingerprint density at radius 3 is 2.19 bits per heavy atom. The minimum atomic E-state index is -1.08. The first-order valence-electron chi connectivity index (χ1n) is 10.5. The van der Waals surface area contributed by atoms with E-state index in [0.29, 0.717) is 24.3 Å². The number of amides is 1. The van der Waals surface area contributed by atoms with Gasteiger partial charge in [0.2, 0.25) is 6.41 Å². The molecule has 0 aliphatic heterocycles. The second-order valence-electron chi connectivity index (χ2n) is 7.22. The predicted molar refractivity (Wildman–Crippen MR) is 116 cm³/mol. The lowest BCUT2D eigenvalue weighted by Gasteiger charge is -2.14. The maximum atomic E-state index is 12.3. The summed E-state index contributed by atoms with van der Waals surface area (Å²) in [5.74, 6) is -0.491. The van der Waals surface area contributed by atoms with Gasteiger partial charge in [-0.25, -0.2) is 4.79 Å². The lowest BCUT2D eigenvalue weighted by molar-refractivity contribution is -0.141. The first-order chi connectivity index (χ1) is 15.0. The number of carbonyl (C=O) groups is 3. The van der Waals surface area contributed by atoms with E-state index in [1.165, 1.54) is 19.3 Å². The highest BCUT2D eigenvalue weighted by Gasteiger charge is 2.11. The Balaban J connectivity index is 1.81. The standard InChI is InChI=1S/C24H29NO6/c1-2-3-4-5-6-15-30-21-13-9-20(10-14-21)24(29)31-22-11-7-19(8-12-22)16-25(18-26)17-23(27)28/h7-14,18H,2-6,15-17H2,1H3,(H,27,28). The van der Waals surface area contributed by atoms with Crippen LogP contribution in [0.5, 0.6) is 11.5 Å². The highest BCUT2D eigenvalue weighted by atomic mass is 16.5.